The van der Waals surface area contributed by atoms with Crippen molar-refractivity contribution in [1.82, 2.24) is 9.97 Å². The molecular formula is C21H16N4OS. The van der Waals surface area contributed by atoms with Crippen molar-refractivity contribution in [2.75, 3.05) is 0 Å². The van der Waals surface area contributed by atoms with Crippen molar-refractivity contribution in [2.24, 2.45) is 5.92 Å². The lowest BCUT2D eigenvalue weighted by molar-refractivity contribution is 0.509. The minimum Gasteiger partial charge on any atom is -0.305 e. The molecule has 6 heteroatoms. The average Bonchev–Trinajstić information content (AvgIpc) is 3.04. The Hall–Kier alpha value is -3.22. The lowest BCUT2D eigenvalue weighted by Gasteiger charge is -2.17. The normalized spacial score (nSPS) is 16.6. The zero-order chi connectivity index (χ0) is 19.0. The van der Waals surface area contributed by atoms with Crippen LogP contribution in [0.25, 0.3) is 21.9 Å². The van der Waals surface area contributed by atoms with Gasteiger partial charge in [-0.05, 0) is 54.5 Å². The first-order chi connectivity index (χ1) is 13.1. The fraction of sp³-hybridized carbons (Fsp3) is 0.238. The molecule has 0 fully saturated rings. The lowest BCUT2D eigenvalue weighted by Crippen LogP contribution is -2.14. The minimum absolute atomic E-state index is 0.178. The molecule has 3 aromatic rings. The van der Waals surface area contributed by atoms with Gasteiger partial charge in [0.05, 0.1) is 22.6 Å². The van der Waals surface area contributed by atoms with E-state index in [0.29, 0.717) is 27.3 Å². The van der Waals surface area contributed by atoms with Crippen LogP contribution >= 0.6 is 11.3 Å². The number of thiophene rings is 1. The van der Waals surface area contributed by atoms with Crippen molar-refractivity contribution in [3.63, 3.8) is 0 Å². The number of aromatic amines is 1. The highest BCUT2D eigenvalue weighted by molar-refractivity contribution is 7.18. The number of aryl methyl sites for hydroxylation is 1. The molecule has 0 amide bonds. The molecule has 5 nitrogen and oxygen atoms in total. The van der Waals surface area contributed by atoms with Crippen molar-refractivity contribution >= 4 is 33.2 Å². The van der Waals surface area contributed by atoms with Crippen LogP contribution in [-0.2, 0) is 12.8 Å². The number of rotatable bonds is 2. The molecule has 4 rings (SSSR count). The van der Waals surface area contributed by atoms with E-state index in [9.17, 15) is 10.1 Å². The number of benzene rings is 1. The van der Waals surface area contributed by atoms with E-state index in [-0.39, 0.29) is 11.4 Å². The SMILES string of the molecule is CC1CCc2c(sc3nc(/C(C#N)=C\c4ccc(C#N)cc4)[nH]c(=O)c23)C1. The van der Waals surface area contributed by atoms with Gasteiger partial charge in [0.15, 0.2) is 5.82 Å². The molecule has 2 heterocycles. The molecule has 1 aromatic carbocycles. The number of nitrogens with one attached hydrogen (secondary N) is 1. The highest BCUT2D eigenvalue weighted by Gasteiger charge is 2.23. The number of fused-ring (bicyclic) bond motifs is 3. The second kappa shape index (κ2) is 6.83. The molecule has 27 heavy (non-hydrogen) atoms. The predicted molar refractivity (Wildman–Crippen MR) is 106 cm³/mol. The summed E-state index contributed by atoms with van der Waals surface area (Å²) in [5, 5.41) is 19.1. The maximum atomic E-state index is 12.7. The summed E-state index contributed by atoms with van der Waals surface area (Å²) in [5.74, 6) is 0.904. The first-order valence-electron chi connectivity index (χ1n) is 8.76. The van der Waals surface area contributed by atoms with Crippen molar-refractivity contribution in [3.8, 4) is 12.1 Å². The van der Waals surface area contributed by atoms with Crippen LogP contribution in [0.1, 0.15) is 40.7 Å². The number of nitrogens with zero attached hydrogens (tertiary/aromatic N) is 3. The maximum absolute atomic E-state index is 12.7. The van der Waals surface area contributed by atoms with Crippen molar-refractivity contribution in [2.45, 2.75) is 26.2 Å². The van der Waals surface area contributed by atoms with Gasteiger partial charge in [-0.2, -0.15) is 10.5 Å². The molecule has 0 aliphatic heterocycles. The lowest BCUT2D eigenvalue weighted by atomic mass is 9.89. The molecule has 0 spiro atoms. The van der Waals surface area contributed by atoms with Gasteiger partial charge >= 0.3 is 0 Å². The van der Waals surface area contributed by atoms with Gasteiger partial charge in [-0.25, -0.2) is 4.98 Å². The van der Waals surface area contributed by atoms with Crippen molar-refractivity contribution in [3.05, 3.63) is 62.0 Å². The summed E-state index contributed by atoms with van der Waals surface area (Å²) in [6.45, 7) is 2.23. The van der Waals surface area contributed by atoms with Crippen molar-refractivity contribution < 1.29 is 0 Å². The minimum atomic E-state index is -0.178. The molecule has 0 radical (unpaired) electrons. The van der Waals surface area contributed by atoms with Gasteiger partial charge < -0.3 is 4.98 Å². The van der Waals surface area contributed by atoms with Gasteiger partial charge in [-0.15, -0.1) is 11.3 Å². The van der Waals surface area contributed by atoms with E-state index in [1.165, 1.54) is 4.88 Å². The van der Waals surface area contributed by atoms with Crippen LogP contribution in [0.4, 0.5) is 0 Å². The molecule has 1 aliphatic carbocycles. The summed E-state index contributed by atoms with van der Waals surface area (Å²) < 4.78 is 0. The van der Waals surface area contributed by atoms with E-state index < -0.39 is 0 Å². The predicted octanol–water partition coefficient (Wildman–Crippen LogP) is 4.05. The summed E-state index contributed by atoms with van der Waals surface area (Å²) in [5.41, 5.74) is 2.56. The monoisotopic (exact) mass is 372 g/mol. The Morgan fingerprint density at radius 3 is 2.81 bits per heavy atom. The van der Waals surface area contributed by atoms with Crippen LogP contribution in [0.3, 0.4) is 0 Å². The van der Waals surface area contributed by atoms with E-state index in [4.69, 9.17) is 5.26 Å². The molecule has 132 valence electrons. The van der Waals surface area contributed by atoms with Crippen molar-refractivity contribution in [1.29, 1.82) is 10.5 Å². The fourth-order valence-electron chi connectivity index (χ4n) is 3.45. The first kappa shape index (κ1) is 17.2. The molecular weight excluding hydrogens is 356 g/mol. The number of H-pyrrole nitrogens is 1. The Labute approximate surface area is 160 Å². The zero-order valence-electron chi connectivity index (χ0n) is 14.7. The van der Waals surface area contributed by atoms with Gasteiger partial charge in [0.2, 0.25) is 0 Å². The Morgan fingerprint density at radius 1 is 1.33 bits per heavy atom. The quantitative estimate of drug-likeness (QED) is 0.687. The number of allylic oxidation sites excluding steroid dienone is 1. The second-order valence-corrected chi connectivity index (χ2v) is 7.93. The zero-order valence-corrected chi connectivity index (χ0v) is 15.6. The Bertz CT molecular complexity index is 1200. The Morgan fingerprint density at radius 2 is 2.11 bits per heavy atom. The van der Waals surface area contributed by atoms with Crippen LogP contribution in [-0.4, -0.2) is 9.97 Å². The van der Waals surface area contributed by atoms with Gasteiger partial charge in [0.1, 0.15) is 10.9 Å². The summed E-state index contributed by atoms with van der Waals surface area (Å²) in [6.07, 6.45) is 4.65. The van der Waals surface area contributed by atoms with Crippen LogP contribution in [0.5, 0.6) is 0 Å². The smallest absolute Gasteiger partial charge is 0.260 e. The summed E-state index contributed by atoms with van der Waals surface area (Å²) in [6, 6.07) is 11.1. The third kappa shape index (κ3) is 3.16. The molecule has 0 saturated carbocycles. The third-order valence-corrected chi connectivity index (χ3v) is 6.04. The molecule has 2 aromatic heterocycles. The van der Waals surface area contributed by atoms with Gasteiger partial charge in [0, 0.05) is 4.88 Å². The molecule has 0 saturated heterocycles. The highest BCUT2D eigenvalue weighted by atomic mass is 32.1. The van der Waals surface area contributed by atoms with Gasteiger partial charge in [-0.1, -0.05) is 19.1 Å². The summed E-state index contributed by atoms with van der Waals surface area (Å²) >= 11 is 1.57. The number of aromatic nitrogens is 2. The van der Waals surface area contributed by atoms with Crippen LogP contribution in [0.2, 0.25) is 0 Å². The number of hydrogen-bond donors (Lipinski definition) is 1. The van der Waals surface area contributed by atoms with E-state index in [2.05, 4.69) is 29.0 Å². The van der Waals surface area contributed by atoms with E-state index in [1.807, 2.05) is 0 Å². The number of nitriles is 2. The Balaban J connectivity index is 1.80. The second-order valence-electron chi connectivity index (χ2n) is 6.85. The standard InChI is InChI=1S/C21H16N4OS/c1-12-2-7-16-17(8-12)27-21-18(16)20(26)24-19(25-21)15(11-23)9-13-3-5-14(10-22)6-4-13/h3-6,9,12H,2,7-8H2,1H3,(H,24,25,26)/b15-9-. The summed E-state index contributed by atoms with van der Waals surface area (Å²) in [7, 11) is 0. The molecule has 0 bridgehead atoms. The van der Waals surface area contributed by atoms with E-state index >= 15 is 0 Å². The topological polar surface area (TPSA) is 93.3 Å². The van der Waals surface area contributed by atoms with E-state index in [0.717, 1.165) is 30.4 Å². The summed E-state index contributed by atoms with van der Waals surface area (Å²) in [4.78, 5) is 22.0. The highest BCUT2D eigenvalue weighted by Crippen LogP contribution is 2.35. The fourth-order valence-corrected chi connectivity index (χ4v) is 4.83. The van der Waals surface area contributed by atoms with Gasteiger partial charge in [0.25, 0.3) is 5.56 Å². The first-order valence-corrected chi connectivity index (χ1v) is 9.57. The molecule has 1 aliphatic rings. The van der Waals surface area contributed by atoms with Crippen LogP contribution < -0.4 is 5.56 Å². The number of hydrogen-bond acceptors (Lipinski definition) is 5. The molecule has 1 atom stereocenters. The average molecular weight is 372 g/mol. The maximum Gasteiger partial charge on any atom is 0.260 e. The molecule has 1 N–H and O–H groups in total. The molecule has 1 unspecified atom stereocenters. The van der Waals surface area contributed by atoms with Gasteiger partial charge in [-0.3, -0.25) is 4.79 Å². The van der Waals surface area contributed by atoms with Crippen LogP contribution in [0, 0.1) is 28.6 Å². The third-order valence-electron chi connectivity index (χ3n) is 4.89. The Kier molecular flexibility index (Phi) is 4.35. The van der Waals surface area contributed by atoms with Crippen LogP contribution in [0.15, 0.2) is 29.1 Å². The van der Waals surface area contributed by atoms with E-state index in [1.54, 1.807) is 41.7 Å². The largest absolute Gasteiger partial charge is 0.305 e.